The highest BCUT2D eigenvalue weighted by molar-refractivity contribution is 5.77. The van der Waals surface area contributed by atoms with E-state index in [2.05, 4.69) is 4.74 Å². The summed E-state index contributed by atoms with van der Waals surface area (Å²) in [5, 5.41) is 1.06. The fourth-order valence-electron chi connectivity index (χ4n) is 1.20. The van der Waals surface area contributed by atoms with Crippen LogP contribution in [-0.2, 0) is 9.53 Å². The molecule has 0 aromatic rings. The second-order valence-electron chi connectivity index (χ2n) is 5.59. The molecule has 0 bridgehead atoms. The molecule has 0 radical (unpaired) electrons. The van der Waals surface area contributed by atoms with Crippen molar-refractivity contribution >= 4 is 12.4 Å². The van der Waals surface area contributed by atoms with E-state index >= 15 is 0 Å². The number of ether oxygens (including phenoxy) is 1. The normalized spacial score (nSPS) is 16.7. The average Bonchev–Trinajstić information content (AvgIpc) is 2.23. The summed E-state index contributed by atoms with van der Waals surface area (Å²) >= 11 is 0. The maximum absolute atomic E-state index is 13.6. The summed E-state index contributed by atoms with van der Waals surface area (Å²) in [5.74, 6) is -12.5. The molecule has 22 heavy (non-hydrogen) atoms. The van der Waals surface area contributed by atoms with Gasteiger partial charge in [0.05, 0.1) is 0 Å². The Morgan fingerprint density at radius 3 is 1.59 bits per heavy atom. The average molecular weight is 341 g/mol. The van der Waals surface area contributed by atoms with Crippen LogP contribution in [0, 0.1) is 0 Å². The Kier molecular flexibility index (Phi) is 5.19. The highest BCUT2D eigenvalue weighted by Crippen LogP contribution is 2.50. The topological polar surface area (TPSA) is 55.4 Å². The van der Waals surface area contributed by atoms with E-state index in [-0.39, 0.29) is 6.92 Å². The summed E-state index contributed by atoms with van der Waals surface area (Å²) in [6.45, 7) is 3.89. The van der Waals surface area contributed by atoms with E-state index in [0.717, 1.165) is 5.32 Å². The Balaban J connectivity index is 5.63. The van der Waals surface area contributed by atoms with Gasteiger partial charge in [-0.3, -0.25) is 0 Å². The van der Waals surface area contributed by atoms with Gasteiger partial charge >= 0.3 is 24.1 Å². The predicted molar refractivity (Wildman–Crippen MR) is 59.8 cm³/mol. The lowest BCUT2D eigenvalue weighted by Gasteiger charge is -2.38. The Hall–Kier alpha value is -1.55. The Labute approximate surface area is 121 Å². The Morgan fingerprint density at radius 1 is 0.909 bits per heavy atom. The van der Waals surface area contributed by atoms with Crippen LogP contribution in [0.3, 0.4) is 0 Å². The molecule has 1 N–H and O–H groups in total. The first kappa shape index (κ1) is 20.5. The first-order chi connectivity index (χ1) is 9.41. The van der Waals surface area contributed by atoms with Crippen molar-refractivity contribution in [3.8, 4) is 0 Å². The Bertz CT molecular complexity index is 442. The van der Waals surface area contributed by atoms with Gasteiger partial charge in [0.2, 0.25) is 0 Å². The van der Waals surface area contributed by atoms with E-state index in [0.29, 0.717) is 0 Å². The lowest BCUT2D eigenvalue weighted by atomic mass is 9.90. The number of hydrogen-bond acceptors (Lipinski definition) is 3. The van der Waals surface area contributed by atoms with Crippen molar-refractivity contribution in [2.24, 2.45) is 0 Å². The number of hydrogen-bond donors (Lipinski definition) is 1. The van der Waals surface area contributed by atoms with Crippen molar-refractivity contribution in [3.05, 3.63) is 0 Å². The molecule has 0 fully saturated rings. The minimum atomic E-state index is -6.63. The molecule has 11 heteroatoms. The van der Waals surface area contributed by atoms with Crippen LogP contribution in [0.15, 0.2) is 0 Å². The van der Waals surface area contributed by atoms with Gasteiger partial charge in [0.25, 0.3) is 0 Å². The number of carbonyl (C=O) groups is 2. The van der Waals surface area contributed by atoms with Gasteiger partial charge in [0.15, 0.2) is 11.8 Å². The molecule has 0 aliphatic rings. The van der Waals surface area contributed by atoms with Crippen molar-refractivity contribution in [3.63, 3.8) is 0 Å². The van der Waals surface area contributed by atoms with E-state index in [9.17, 15) is 40.3 Å². The first-order valence-corrected chi connectivity index (χ1v) is 5.71. The SMILES string of the molecule is CC(C)(C)OC(=O)NC(C)(C=O)C(F)(F)C(F)(F)C(F)(F)F. The molecule has 0 aliphatic carbocycles. The lowest BCUT2D eigenvalue weighted by molar-refractivity contribution is -0.364. The van der Waals surface area contributed by atoms with E-state index in [4.69, 9.17) is 0 Å². The van der Waals surface area contributed by atoms with Crippen molar-refractivity contribution < 1.29 is 45.1 Å². The molecule has 130 valence electrons. The highest BCUT2D eigenvalue weighted by atomic mass is 19.4. The Morgan fingerprint density at radius 2 is 1.32 bits per heavy atom. The minimum Gasteiger partial charge on any atom is -0.444 e. The molecule has 1 unspecified atom stereocenters. The van der Waals surface area contributed by atoms with Gasteiger partial charge in [0, 0.05) is 0 Å². The predicted octanol–water partition coefficient (Wildman–Crippen LogP) is 3.30. The van der Waals surface area contributed by atoms with Crippen LogP contribution in [-0.4, -0.2) is 41.5 Å². The van der Waals surface area contributed by atoms with Crippen LogP contribution in [0.5, 0.6) is 0 Å². The number of aldehydes is 1. The first-order valence-electron chi connectivity index (χ1n) is 5.71. The fraction of sp³-hybridized carbons (Fsp3) is 0.818. The summed E-state index contributed by atoms with van der Waals surface area (Å²) in [4.78, 5) is 22.0. The monoisotopic (exact) mass is 341 g/mol. The molecular formula is C11H14F7NO3. The summed E-state index contributed by atoms with van der Waals surface area (Å²) in [6.07, 6.45) is -9.29. The summed E-state index contributed by atoms with van der Waals surface area (Å²) in [5.41, 5.74) is -5.09. The van der Waals surface area contributed by atoms with Crippen molar-refractivity contribution in [2.75, 3.05) is 0 Å². The third-order valence-corrected chi connectivity index (χ3v) is 2.40. The second-order valence-corrected chi connectivity index (χ2v) is 5.59. The van der Waals surface area contributed by atoms with Crippen LogP contribution < -0.4 is 5.32 Å². The molecule has 0 aromatic carbocycles. The maximum Gasteiger partial charge on any atom is 0.459 e. The van der Waals surface area contributed by atoms with E-state index in [1.165, 1.54) is 20.8 Å². The minimum absolute atomic E-state index is 0.0313. The molecule has 0 aliphatic heterocycles. The van der Waals surface area contributed by atoms with Gasteiger partial charge < -0.3 is 14.8 Å². The molecule has 0 saturated carbocycles. The molecule has 0 aromatic heterocycles. The van der Waals surface area contributed by atoms with Crippen LogP contribution in [0.4, 0.5) is 35.5 Å². The smallest absolute Gasteiger partial charge is 0.444 e. The number of nitrogens with one attached hydrogen (secondary N) is 1. The zero-order chi connectivity index (χ0) is 18.2. The van der Waals surface area contributed by atoms with Gasteiger partial charge in [-0.25, -0.2) is 4.79 Å². The second kappa shape index (κ2) is 5.58. The van der Waals surface area contributed by atoms with Gasteiger partial charge in [-0.05, 0) is 27.7 Å². The summed E-state index contributed by atoms with van der Waals surface area (Å²) in [7, 11) is 0. The summed E-state index contributed by atoms with van der Waals surface area (Å²) in [6, 6.07) is 0. The fourth-order valence-corrected chi connectivity index (χ4v) is 1.20. The highest BCUT2D eigenvalue weighted by Gasteiger charge is 2.79. The molecular weight excluding hydrogens is 327 g/mol. The third-order valence-electron chi connectivity index (χ3n) is 2.40. The number of halogens is 7. The van der Waals surface area contributed by atoms with Crippen molar-refractivity contribution in [2.45, 2.75) is 56.9 Å². The van der Waals surface area contributed by atoms with Crippen LogP contribution in [0.2, 0.25) is 0 Å². The number of rotatable bonds is 4. The van der Waals surface area contributed by atoms with Crippen LogP contribution >= 0.6 is 0 Å². The zero-order valence-electron chi connectivity index (χ0n) is 11.9. The van der Waals surface area contributed by atoms with Gasteiger partial charge in [-0.15, -0.1) is 0 Å². The number of amides is 1. The van der Waals surface area contributed by atoms with Crippen molar-refractivity contribution in [1.29, 1.82) is 0 Å². The van der Waals surface area contributed by atoms with E-state index in [1.807, 2.05) is 0 Å². The molecule has 0 heterocycles. The zero-order valence-corrected chi connectivity index (χ0v) is 11.9. The third kappa shape index (κ3) is 3.80. The largest absolute Gasteiger partial charge is 0.459 e. The number of alkyl halides is 7. The number of alkyl carbamates (subject to hydrolysis) is 1. The van der Waals surface area contributed by atoms with Gasteiger partial charge in [-0.1, -0.05) is 0 Å². The van der Waals surface area contributed by atoms with Crippen LogP contribution in [0.1, 0.15) is 27.7 Å². The van der Waals surface area contributed by atoms with E-state index in [1.54, 1.807) is 0 Å². The van der Waals surface area contributed by atoms with Gasteiger partial charge in [-0.2, -0.15) is 30.7 Å². The lowest BCUT2D eigenvalue weighted by Crippen LogP contribution is -2.70. The molecule has 1 atom stereocenters. The maximum atomic E-state index is 13.6. The number of carbonyl (C=O) groups excluding carboxylic acids is 2. The van der Waals surface area contributed by atoms with Gasteiger partial charge in [0.1, 0.15) is 5.60 Å². The van der Waals surface area contributed by atoms with E-state index < -0.39 is 41.5 Å². The van der Waals surface area contributed by atoms with Crippen molar-refractivity contribution in [1.82, 2.24) is 5.32 Å². The molecule has 0 saturated heterocycles. The molecule has 0 rings (SSSR count). The quantitative estimate of drug-likeness (QED) is 0.631. The molecule has 4 nitrogen and oxygen atoms in total. The van der Waals surface area contributed by atoms with Crippen LogP contribution in [0.25, 0.3) is 0 Å². The molecule has 0 spiro atoms. The summed E-state index contributed by atoms with van der Waals surface area (Å²) < 4.78 is 93.8. The standard InChI is InChI=1S/C11H14F7NO3/c1-7(2,3)22-6(21)19-8(4,5-20)9(12,13)10(14,15)11(16,17)18/h5H,1-4H3,(H,19,21). The molecule has 1 amide bonds.